The first-order valence-corrected chi connectivity index (χ1v) is 10.1. The molecular weight excluding hydrogens is 393 g/mol. The van der Waals surface area contributed by atoms with Crippen molar-refractivity contribution in [3.63, 3.8) is 0 Å². The number of nitrogens with one attached hydrogen (secondary N) is 1. The van der Waals surface area contributed by atoms with Crippen LogP contribution in [0.5, 0.6) is 0 Å². The molecule has 0 aliphatic carbocycles. The number of fused-ring (bicyclic) bond motifs is 1. The largest absolute Gasteiger partial charge is 0.418 e. The van der Waals surface area contributed by atoms with Crippen LogP contribution in [0, 0.1) is 11.8 Å². The molecule has 9 heteroatoms. The van der Waals surface area contributed by atoms with E-state index in [0.29, 0.717) is 35.2 Å². The Labute approximate surface area is 177 Å². The third-order valence-electron chi connectivity index (χ3n) is 5.45. The first kappa shape index (κ1) is 20.6. The van der Waals surface area contributed by atoms with Crippen molar-refractivity contribution in [3.05, 3.63) is 36.0 Å². The van der Waals surface area contributed by atoms with E-state index in [0.717, 1.165) is 25.5 Å². The zero-order valence-corrected chi connectivity index (χ0v) is 16.9. The number of alkyl halides is 3. The smallest absolute Gasteiger partial charge is 0.355 e. The second kappa shape index (κ2) is 7.86. The lowest BCUT2D eigenvalue weighted by Crippen LogP contribution is -2.47. The Morgan fingerprint density at radius 1 is 1.27 bits per heavy atom. The Bertz CT molecular complexity index is 1040. The molecule has 3 aromatic rings. The zero-order chi connectivity index (χ0) is 21.5. The Kier molecular flexibility index (Phi) is 5.40. The summed E-state index contributed by atoms with van der Waals surface area (Å²) in [6.07, 6.45) is -1.06. The van der Waals surface area contributed by atoms with Gasteiger partial charge in [0.1, 0.15) is 11.5 Å². The van der Waals surface area contributed by atoms with Crippen LogP contribution in [-0.4, -0.2) is 39.3 Å². The van der Waals surface area contributed by atoms with E-state index < -0.39 is 11.7 Å². The molecule has 0 radical (unpaired) electrons. The zero-order valence-electron chi connectivity index (χ0n) is 16.9. The fourth-order valence-electron chi connectivity index (χ4n) is 4.35. The van der Waals surface area contributed by atoms with E-state index in [4.69, 9.17) is 5.73 Å². The summed E-state index contributed by atoms with van der Waals surface area (Å²) in [5.74, 6) is 1.41. The van der Waals surface area contributed by atoms with Crippen LogP contribution in [0.15, 0.2) is 30.5 Å². The predicted octanol–water partition coefficient (Wildman–Crippen LogP) is 4.98. The number of nitrogens with two attached hydrogens (primary N) is 1. The molecule has 1 fully saturated rings. The van der Waals surface area contributed by atoms with E-state index in [9.17, 15) is 13.2 Å². The van der Waals surface area contributed by atoms with Gasteiger partial charge in [-0.25, -0.2) is 9.97 Å². The van der Waals surface area contributed by atoms with Crippen molar-refractivity contribution in [2.45, 2.75) is 38.9 Å². The molecule has 6 nitrogen and oxygen atoms in total. The summed E-state index contributed by atoms with van der Waals surface area (Å²) in [6, 6.07) is 5.85. The Morgan fingerprint density at radius 2 is 2.07 bits per heavy atom. The Morgan fingerprint density at radius 3 is 2.80 bits per heavy atom. The van der Waals surface area contributed by atoms with Gasteiger partial charge in [0.15, 0.2) is 5.65 Å². The van der Waals surface area contributed by atoms with Crippen LogP contribution in [0.25, 0.3) is 22.4 Å². The highest BCUT2D eigenvalue weighted by atomic mass is 19.4. The quantitative estimate of drug-likeness (QED) is 0.617. The number of halogens is 3. The molecule has 4 rings (SSSR count). The minimum Gasteiger partial charge on any atom is -0.355 e. The maximum absolute atomic E-state index is 13.8. The molecule has 3 N–H and O–H groups in total. The number of rotatable bonds is 4. The van der Waals surface area contributed by atoms with Crippen molar-refractivity contribution in [3.8, 4) is 11.4 Å². The lowest BCUT2D eigenvalue weighted by atomic mass is 9.87. The number of pyridine rings is 2. The first-order valence-electron chi connectivity index (χ1n) is 10.1. The number of hydrogen-bond acceptors (Lipinski definition) is 5. The number of aromatic nitrogens is 4. The van der Waals surface area contributed by atoms with Gasteiger partial charge in [-0.15, -0.1) is 0 Å². The summed E-state index contributed by atoms with van der Waals surface area (Å²) in [6.45, 7) is 5.62. The summed E-state index contributed by atoms with van der Waals surface area (Å²) >= 11 is 0. The van der Waals surface area contributed by atoms with Gasteiger partial charge in [0.25, 0.3) is 0 Å². The highest BCUT2D eigenvalue weighted by Crippen LogP contribution is 2.39. The second-order valence-electron chi connectivity index (χ2n) is 8.43. The lowest BCUT2D eigenvalue weighted by Gasteiger charge is -2.38. The number of nitrogens with zero attached hydrogens (tertiary/aromatic N) is 4. The first-order chi connectivity index (χ1) is 14.2. The van der Waals surface area contributed by atoms with E-state index in [1.807, 2.05) is 4.90 Å². The molecule has 0 aromatic carbocycles. The standard InChI is InChI=1S/C21H25F3N6.3H2/c1-12(2)8-13-9-14(25)11-30(10-13)17-6-5-16(21(22,23)24)19(27-17)18-15-4-3-7-26-20(15)29-28-18;;;/h3-7,12-14H,8-11,25H2,1-2H3,(H,26,28,29);3*1H/t13-,14+;;;/m1.../s1. The summed E-state index contributed by atoms with van der Waals surface area (Å²) in [5, 5.41) is 7.24. The summed E-state index contributed by atoms with van der Waals surface area (Å²) in [7, 11) is 0. The highest BCUT2D eigenvalue weighted by Gasteiger charge is 2.36. The van der Waals surface area contributed by atoms with E-state index in [1.54, 1.807) is 18.3 Å². The number of aromatic amines is 1. The van der Waals surface area contributed by atoms with Gasteiger partial charge in [-0.3, -0.25) is 5.10 Å². The van der Waals surface area contributed by atoms with Crippen LogP contribution in [0.4, 0.5) is 19.0 Å². The number of hydrogen-bond donors (Lipinski definition) is 2. The molecule has 4 heterocycles. The summed E-state index contributed by atoms with van der Waals surface area (Å²) in [5.41, 5.74) is 5.85. The monoisotopic (exact) mass is 424 g/mol. The molecule has 0 bridgehead atoms. The van der Waals surface area contributed by atoms with Crippen LogP contribution < -0.4 is 10.6 Å². The topological polar surface area (TPSA) is 83.7 Å². The van der Waals surface area contributed by atoms with E-state index in [2.05, 4.69) is 34.0 Å². The van der Waals surface area contributed by atoms with Gasteiger partial charge in [0.05, 0.1) is 11.3 Å². The van der Waals surface area contributed by atoms with E-state index >= 15 is 0 Å². The SMILES string of the molecule is CC(C)C[C@@H]1C[C@H](N)CN(c2ccc(C(F)(F)F)c(-c3[nH]nc4ncccc34)n2)C1.[HH].[HH].[HH]. The van der Waals surface area contributed by atoms with Crippen molar-refractivity contribution < 1.29 is 17.5 Å². The maximum Gasteiger partial charge on any atom is 0.418 e. The minimum absolute atomic E-state index is 0. The molecule has 30 heavy (non-hydrogen) atoms. The fraction of sp³-hybridized carbons (Fsp3) is 0.476. The van der Waals surface area contributed by atoms with Gasteiger partial charge in [0, 0.05) is 35.0 Å². The van der Waals surface area contributed by atoms with Gasteiger partial charge >= 0.3 is 6.18 Å². The molecule has 0 amide bonds. The maximum atomic E-state index is 13.8. The van der Waals surface area contributed by atoms with Crippen molar-refractivity contribution in [2.24, 2.45) is 17.6 Å². The van der Waals surface area contributed by atoms with Crippen LogP contribution in [0.2, 0.25) is 0 Å². The summed E-state index contributed by atoms with van der Waals surface area (Å²) in [4.78, 5) is 10.6. The molecular formula is C21H31F3N6. The highest BCUT2D eigenvalue weighted by molar-refractivity contribution is 5.90. The molecule has 3 aromatic heterocycles. The molecule has 166 valence electrons. The van der Waals surface area contributed by atoms with Gasteiger partial charge in [0.2, 0.25) is 0 Å². The van der Waals surface area contributed by atoms with E-state index in [-0.39, 0.29) is 21.7 Å². The Balaban J connectivity index is 0.00000181. The molecule has 0 unspecified atom stereocenters. The second-order valence-corrected chi connectivity index (χ2v) is 8.43. The normalized spacial score (nSPS) is 20.3. The number of anilines is 1. The van der Waals surface area contributed by atoms with Gasteiger partial charge in [-0.05, 0) is 48.9 Å². The van der Waals surface area contributed by atoms with Crippen molar-refractivity contribution in [1.29, 1.82) is 0 Å². The lowest BCUT2D eigenvalue weighted by molar-refractivity contribution is -0.137. The predicted molar refractivity (Wildman–Crippen MR) is 116 cm³/mol. The van der Waals surface area contributed by atoms with Crippen LogP contribution in [-0.2, 0) is 6.18 Å². The van der Waals surface area contributed by atoms with Gasteiger partial charge in [-0.1, -0.05) is 13.8 Å². The third kappa shape index (κ3) is 4.12. The Hall–Kier alpha value is -2.68. The van der Waals surface area contributed by atoms with Gasteiger partial charge in [-0.2, -0.15) is 18.3 Å². The number of H-pyrrole nitrogens is 1. The third-order valence-corrected chi connectivity index (χ3v) is 5.45. The minimum atomic E-state index is -4.54. The fourth-order valence-corrected chi connectivity index (χ4v) is 4.35. The van der Waals surface area contributed by atoms with E-state index in [1.165, 1.54) is 6.07 Å². The molecule has 0 saturated carbocycles. The van der Waals surface area contributed by atoms with Crippen molar-refractivity contribution in [1.82, 2.24) is 20.2 Å². The van der Waals surface area contributed by atoms with Crippen LogP contribution in [0.3, 0.4) is 0 Å². The van der Waals surface area contributed by atoms with Crippen molar-refractivity contribution >= 4 is 16.9 Å². The molecule has 2 atom stereocenters. The molecule has 0 spiro atoms. The molecule has 1 aliphatic rings. The summed E-state index contributed by atoms with van der Waals surface area (Å²) < 4.78 is 41.3. The van der Waals surface area contributed by atoms with Crippen molar-refractivity contribution in [2.75, 3.05) is 18.0 Å². The van der Waals surface area contributed by atoms with Crippen LogP contribution >= 0.6 is 0 Å². The average molecular weight is 425 g/mol. The molecule has 1 aliphatic heterocycles. The van der Waals surface area contributed by atoms with Gasteiger partial charge < -0.3 is 10.6 Å². The van der Waals surface area contributed by atoms with Crippen LogP contribution in [0.1, 0.15) is 36.5 Å². The molecule has 1 saturated heterocycles. The average Bonchev–Trinajstić information content (AvgIpc) is 3.10. The number of piperidine rings is 1.